The molecule has 0 saturated heterocycles. The van der Waals surface area contributed by atoms with Gasteiger partial charge in [0.1, 0.15) is 11.5 Å². The van der Waals surface area contributed by atoms with Crippen LogP contribution in [0.5, 0.6) is 11.5 Å². The van der Waals surface area contributed by atoms with E-state index in [1.807, 2.05) is 48.5 Å². The van der Waals surface area contributed by atoms with E-state index in [0.717, 1.165) is 21.8 Å². The van der Waals surface area contributed by atoms with E-state index in [4.69, 9.17) is 9.47 Å². The molecule has 25 heavy (non-hydrogen) atoms. The highest BCUT2D eigenvalue weighted by Gasteiger charge is 2.36. The second-order valence-corrected chi connectivity index (χ2v) is 7.58. The number of hydrogen-bond donors (Lipinski definition) is 0. The fourth-order valence-electron chi connectivity index (χ4n) is 3.01. The van der Waals surface area contributed by atoms with Crippen molar-refractivity contribution in [2.75, 3.05) is 20.5 Å². The molecule has 0 N–H and O–H groups in total. The van der Waals surface area contributed by atoms with E-state index in [9.17, 15) is 8.42 Å². The fraction of sp³-hybridized carbons (Fsp3) is 0.278. The predicted octanol–water partition coefficient (Wildman–Crippen LogP) is 2.81. The third-order valence-corrected chi connectivity index (χ3v) is 5.14. The minimum absolute atomic E-state index is 0.438. The number of hydrazone groups is 1. The molecule has 6 nitrogen and oxygen atoms in total. The largest absolute Gasteiger partial charge is 0.496 e. The molecule has 1 unspecified atom stereocenters. The summed E-state index contributed by atoms with van der Waals surface area (Å²) in [4.78, 5) is 0. The number of sulfonamides is 1. The van der Waals surface area contributed by atoms with Crippen LogP contribution in [0.1, 0.15) is 23.6 Å². The molecule has 0 saturated carbocycles. The van der Waals surface area contributed by atoms with Crippen LogP contribution in [0.2, 0.25) is 0 Å². The maximum absolute atomic E-state index is 12.3. The van der Waals surface area contributed by atoms with Crippen molar-refractivity contribution in [3.63, 3.8) is 0 Å². The summed E-state index contributed by atoms with van der Waals surface area (Å²) in [5.41, 5.74) is 2.24. The van der Waals surface area contributed by atoms with Crippen molar-refractivity contribution >= 4 is 15.7 Å². The lowest BCUT2D eigenvalue weighted by atomic mass is 9.98. The van der Waals surface area contributed by atoms with E-state index in [1.165, 1.54) is 0 Å². The van der Waals surface area contributed by atoms with Gasteiger partial charge in [0, 0.05) is 17.5 Å². The second kappa shape index (κ2) is 6.76. The molecule has 0 radical (unpaired) electrons. The van der Waals surface area contributed by atoms with Gasteiger partial charge >= 0.3 is 0 Å². The average molecular weight is 360 g/mol. The Hall–Kier alpha value is -2.54. The Morgan fingerprint density at radius 1 is 1.00 bits per heavy atom. The molecule has 132 valence electrons. The van der Waals surface area contributed by atoms with Gasteiger partial charge in [0.25, 0.3) is 0 Å². The van der Waals surface area contributed by atoms with Crippen LogP contribution in [0.25, 0.3) is 0 Å². The van der Waals surface area contributed by atoms with Crippen LogP contribution in [0.15, 0.2) is 53.6 Å². The standard InChI is InChI=1S/C18H20N2O4S/c1-23-17-10-6-4-8-13(17)15-12-16(20(19-15)25(3,21)22)14-9-5-7-11-18(14)24-2/h4-11,16H,12H2,1-3H3. The van der Waals surface area contributed by atoms with Crippen LogP contribution in [-0.2, 0) is 10.0 Å². The molecule has 1 aliphatic heterocycles. The summed E-state index contributed by atoms with van der Waals surface area (Å²) in [6.07, 6.45) is 1.60. The van der Waals surface area contributed by atoms with Crippen LogP contribution in [-0.4, -0.2) is 39.0 Å². The maximum Gasteiger partial charge on any atom is 0.247 e. The van der Waals surface area contributed by atoms with E-state index < -0.39 is 16.1 Å². The predicted molar refractivity (Wildman–Crippen MR) is 96.6 cm³/mol. The number of ether oxygens (including phenoxy) is 2. The lowest BCUT2D eigenvalue weighted by molar-refractivity contribution is 0.352. The number of nitrogens with zero attached hydrogens (tertiary/aromatic N) is 2. The summed E-state index contributed by atoms with van der Waals surface area (Å²) in [6.45, 7) is 0. The highest BCUT2D eigenvalue weighted by molar-refractivity contribution is 7.88. The van der Waals surface area contributed by atoms with E-state index in [-0.39, 0.29) is 0 Å². The molecule has 1 heterocycles. The Kier molecular flexibility index (Phi) is 4.67. The Balaban J connectivity index is 2.08. The Morgan fingerprint density at radius 2 is 1.60 bits per heavy atom. The summed E-state index contributed by atoms with van der Waals surface area (Å²) >= 11 is 0. The first kappa shape index (κ1) is 17.3. The monoisotopic (exact) mass is 360 g/mol. The van der Waals surface area contributed by atoms with Crippen molar-refractivity contribution in [3.05, 3.63) is 59.7 Å². The van der Waals surface area contributed by atoms with Gasteiger partial charge in [-0.05, 0) is 18.2 Å². The SMILES string of the molecule is COc1ccccc1C1=NN(S(C)(=O)=O)C(c2ccccc2OC)C1. The molecule has 3 rings (SSSR count). The van der Waals surface area contributed by atoms with Crippen molar-refractivity contribution in [1.82, 2.24) is 4.41 Å². The van der Waals surface area contributed by atoms with Crippen LogP contribution in [0.3, 0.4) is 0 Å². The minimum Gasteiger partial charge on any atom is -0.496 e. The smallest absolute Gasteiger partial charge is 0.247 e. The summed E-state index contributed by atoms with van der Waals surface area (Å²) < 4.78 is 36.5. The van der Waals surface area contributed by atoms with E-state index in [2.05, 4.69) is 5.10 Å². The molecule has 0 amide bonds. The molecule has 1 atom stereocenters. The molecular weight excluding hydrogens is 340 g/mol. The van der Waals surface area contributed by atoms with Gasteiger partial charge in [0.05, 0.1) is 32.2 Å². The maximum atomic E-state index is 12.3. The van der Waals surface area contributed by atoms with Crippen LogP contribution >= 0.6 is 0 Å². The first-order valence-corrected chi connectivity index (χ1v) is 9.63. The van der Waals surface area contributed by atoms with Crippen molar-refractivity contribution in [1.29, 1.82) is 0 Å². The van der Waals surface area contributed by atoms with Crippen molar-refractivity contribution in [2.24, 2.45) is 5.10 Å². The molecule has 0 spiro atoms. The zero-order valence-electron chi connectivity index (χ0n) is 14.3. The molecule has 2 aromatic rings. The van der Waals surface area contributed by atoms with Crippen LogP contribution in [0.4, 0.5) is 0 Å². The second-order valence-electron chi connectivity index (χ2n) is 5.74. The zero-order valence-corrected chi connectivity index (χ0v) is 15.2. The third kappa shape index (κ3) is 3.32. The van der Waals surface area contributed by atoms with Crippen molar-refractivity contribution < 1.29 is 17.9 Å². The van der Waals surface area contributed by atoms with Gasteiger partial charge in [-0.25, -0.2) is 8.42 Å². The summed E-state index contributed by atoms with van der Waals surface area (Å²) in [5, 5.41) is 4.40. The highest BCUT2D eigenvalue weighted by Crippen LogP contribution is 2.39. The number of hydrogen-bond acceptors (Lipinski definition) is 5. The topological polar surface area (TPSA) is 68.2 Å². The molecule has 0 aromatic heterocycles. The summed E-state index contributed by atoms with van der Waals surface area (Å²) in [6, 6.07) is 14.4. The van der Waals surface area contributed by atoms with Gasteiger partial charge in [-0.1, -0.05) is 30.3 Å². The molecular formula is C18H20N2O4S. The Bertz CT molecular complexity index is 909. The third-order valence-electron chi connectivity index (χ3n) is 4.13. The summed E-state index contributed by atoms with van der Waals surface area (Å²) in [7, 11) is -0.382. The van der Waals surface area contributed by atoms with Gasteiger partial charge in [0.15, 0.2) is 0 Å². The zero-order chi connectivity index (χ0) is 18.0. The van der Waals surface area contributed by atoms with Gasteiger partial charge < -0.3 is 9.47 Å². The van der Waals surface area contributed by atoms with Gasteiger partial charge in [0.2, 0.25) is 10.0 Å². The number of benzene rings is 2. The number of para-hydroxylation sites is 2. The Labute approximate surface area is 147 Å². The van der Waals surface area contributed by atoms with Gasteiger partial charge in [-0.3, -0.25) is 0 Å². The van der Waals surface area contributed by atoms with Crippen molar-refractivity contribution in [3.8, 4) is 11.5 Å². The molecule has 0 fully saturated rings. The molecule has 0 aliphatic carbocycles. The highest BCUT2D eigenvalue weighted by atomic mass is 32.2. The number of rotatable bonds is 5. The Morgan fingerprint density at radius 3 is 2.24 bits per heavy atom. The van der Waals surface area contributed by atoms with Crippen LogP contribution < -0.4 is 9.47 Å². The first-order valence-electron chi connectivity index (χ1n) is 7.79. The fourth-order valence-corrected chi connectivity index (χ4v) is 3.91. The quantitative estimate of drug-likeness (QED) is 0.822. The lowest BCUT2D eigenvalue weighted by Gasteiger charge is -2.23. The average Bonchev–Trinajstić information content (AvgIpc) is 3.07. The summed E-state index contributed by atoms with van der Waals surface area (Å²) in [5.74, 6) is 1.30. The normalized spacial score (nSPS) is 17.3. The molecule has 1 aliphatic rings. The molecule has 2 aromatic carbocycles. The van der Waals surface area contributed by atoms with E-state index in [1.54, 1.807) is 14.2 Å². The molecule has 7 heteroatoms. The van der Waals surface area contributed by atoms with E-state index >= 15 is 0 Å². The first-order chi connectivity index (χ1) is 12.0. The van der Waals surface area contributed by atoms with Gasteiger partial charge in [-0.2, -0.15) is 9.52 Å². The number of methoxy groups -OCH3 is 2. The van der Waals surface area contributed by atoms with Crippen molar-refractivity contribution in [2.45, 2.75) is 12.5 Å². The van der Waals surface area contributed by atoms with E-state index in [0.29, 0.717) is 23.6 Å². The lowest BCUT2D eigenvalue weighted by Crippen LogP contribution is -2.26. The molecule has 0 bridgehead atoms. The van der Waals surface area contributed by atoms with Gasteiger partial charge in [-0.15, -0.1) is 0 Å². The van der Waals surface area contributed by atoms with Crippen LogP contribution in [0, 0.1) is 0 Å². The minimum atomic E-state index is -3.54.